The van der Waals surface area contributed by atoms with Crippen LogP contribution in [-0.4, -0.2) is 19.3 Å². The molecule has 0 radical (unpaired) electrons. The monoisotopic (exact) mass is 310 g/mol. The highest BCUT2D eigenvalue weighted by molar-refractivity contribution is 9.10. The van der Waals surface area contributed by atoms with Crippen LogP contribution in [0.4, 0.5) is 0 Å². The average Bonchev–Trinajstić information content (AvgIpc) is 2.89. The van der Waals surface area contributed by atoms with E-state index in [9.17, 15) is 0 Å². The van der Waals surface area contributed by atoms with Crippen molar-refractivity contribution < 1.29 is 0 Å². The molecular formula is C13H19BrN4. The Morgan fingerprint density at radius 2 is 2.11 bits per heavy atom. The van der Waals surface area contributed by atoms with Crippen LogP contribution in [0.1, 0.15) is 43.9 Å². The molecule has 0 N–H and O–H groups in total. The first-order valence-electron chi connectivity index (χ1n) is 6.27. The second kappa shape index (κ2) is 5.26. The van der Waals surface area contributed by atoms with Gasteiger partial charge in [0.25, 0.3) is 0 Å². The molecule has 0 amide bonds. The molecule has 0 aliphatic rings. The zero-order valence-corrected chi connectivity index (χ0v) is 12.9. The molecule has 0 saturated carbocycles. The largest absolute Gasteiger partial charge is 0.329 e. The van der Waals surface area contributed by atoms with Gasteiger partial charge in [-0.3, -0.25) is 4.68 Å². The highest BCUT2D eigenvalue weighted by Gasteiger charge is 2.15. The lowest BCUT2D eigenvalue weighted by Gasteiger charge is -2.11. The van der Waals surface area contributed by atoms with Crippen LogP contribution in [0.15, 0.2) is 16.9 Å². The molecule has 0 unspecified atom stereocenters. The predicted molar refractivity (Wildman–Crippen MR) is 75.8 cm³/mol. The van der Waals surface area contributed by atoms with Gasteiger partial charge in [-0.2, -0.15) is 5.10 Å². The summed E-state index contributed by atoms with van der Waals surface area (Å²) in [6.07, 6.45) is 3.90. The number of aromatic nitrogens is 4. The number of rotatable bonds is 4. The van der Waals surface area contributed by atoms with Crippen LogP contribution < -0.4 is 0 Å². The van der Waals surface area contributed by atoms with Gasteiger partial charge >= 0.3 is 0 Å². The second-order valence-corrected chi connectivity index (χ2v) is 5.52. The molecule has 98 valence electrons. The molecular weight excluding hydrogens is 292 g/mol. The summed E-state index contributed by atoms with van der Waals surface area (Å²) >= 11 is 3.63. The van der Waals surface area contributed by atoms with Crippen LogP contribution in [0.25, 0.3) is 0 Å². The number of aryl methyl sites for hydroxylation is 2. The third-order valence-corrected chi connectivity index (χ3v) is 4.07. The molecule has 0 aliphatic heterocycles. The van der Waals surface area contributed by atoms with Crippen LogP contribution in [0, 0.1) is 6.92 Å². The van der Waals surface area contributed by atoms with Crippen LogP contribution in [0.2, 0.25) is 0 Å². The van der Waals surface area contributed by atoms with E-state index in [-0.39, 0.29) is 0 Å². The van der Waals surface area contributed by atoms with E-state index in [2.05, 4.69) is 51.4 Å². The van der Waals surface area contributed by atoms with Crippen LogP contribution in [0.3, 0.4) is 0 Å². The molecule has 4 nitrogen and oxygen atoms in total. The van der Waals surface area contributed by atoms with E-state index >= 15 is 0 Å². The number of nitrogens with zero attached hydrogens (tertiary/aromatic N) is 4. The molecule has 2 rings (SSSR count). The van der Waals surface area contributed by atoms with Gasteiger partial charge in [-0.15, -0.1) is 0 Å². The summed E-state index contributed by atoms with van der Waals surface area (Å²) in [5, 5.41) is 4.52. The Morgan fingerprint density at radius 1 is 1.39 bits per heavy atom. The first kappa shape index (κ1) is 13.3. The van der Waals surface area contributed by atoms with Crippen molar-refractivity contribution in [2.45, 2.75) is 46.7 Å². The summed E-state index contributed by atoms with van der Waals surface area (Å²) in [6.45, 7) is 10.2. The minimum absolute atomic E-state index is 0.429. The van der Waals surface area contributed by atoms with E-state index in [1.165, 1.54) is 5.69 Å². The molecule has 0 saturated heterocycles. The molecule has 0 spiro atoms. The quantitative estimate of drug-likeness (QED) is 0.868. The van der Waals surface area contributed by atoms with E-state index in [0.29, 0.717) is 5.92 Å². The first-order valence-corrected chi connectivity index (χ1v) is 7.06. The number of imidazole rings is 1. The van der Waals surface area contributed by atoms with Crippen LogP contribution in [-0.2, 0) is 13.1 Å². The maximum atomic E-state index is 4.52. The second-order valence-electron chi connectivity index (χ2n) is 4.73. The molecule has 0 fully saturated rings. The SMILES string of the molecule is CCn1nc(C)c(Br)c1Cn1ccnc1C(C)C. The summed E-state index contributed by atoms with van der Waals surface area (Å²) in [5.74, 6) is 1.54. The van der Waals surface area contributed by atoms with Gasteiger partial charge in [0.05, 0.1) is 22.4 Å². The number of halogens is 1. The summed E-state index contributed by atoms with van der Waals surface area (Å²) in [5.41, 5.74) is 2.24. The van der Waals surface area contributed by atoms with Crippen molar-refractivity contribution in [2.75, 3.05) is 0 Å². The highest BCUT2D eigenvalue weighted by atomic mass is 79.9. The minimum Gasteiger partial charge on any atom is -0.329 e. The molecule has 5 heteroatoms. The Labute approximate surface area is 116 Å². The molecule has 0 aromatic carbocycles. The van der Waals surface area contributed by atoms with Gasteiger partial charge in [0.1, 0.15) is 5.82 Å². The van der Waals surface area contributed by atoms with Crippen molar-refractivity contribution in [2.24, 2.45) is 0 Å². The smallest absolute Gasteiger partial charge is 0.111 e. The highest BCUT2D eigenvalue weighted by Crippen LogP contribution is 2.23. The molecule has 0 aliphatic carbocycles. The van der Waals surface area contributed by atoms with Gasteiger partial charge in [-0.05, 0) is 29.8 Å². The van der Waals surface area contributed by atoms with Gasteiger partial charge in [0.2, 0.25) is 0 Å². The van der Waals surface area contributed by atoms with Gasteiger partial charge in [-0.1, -0.05) is 13.8 Å². The Kier molecular flexibility index (Phi) is 3.90. The fourth-order valence-corrected chi connectivity index (χ4v) is 2.55. The predicted octanol–water partition coefficient (Wildman–Crippen LogP) is 3.34. The Morgan fingerprint density at radius 3 is 2.72 bits per heavy atom. The van der Waals surface area contributed by atoms with Gasteiger partial charge in [0.15, 0.2) is 0 Å². The lowest BCUT2D eigenvalue weighted by atomic mass is 10.2. The fraction of sp³-hybridized carbons (Fsp3) is 0.538. The summed E-state index contributed by atoms with van der Waals surface area (Å²) in [6, 6.07) is 0. The summed E-state index contributed by atoms with van der Waals surface area (Å²) in [7, 11) is 0. The van der Waals surface area contributed by atoms with Crippen molar-refractivity contribution in [3.63, 3.8) is 0 Å². The standard InChI is InChI=1S/C13H19BrN4/c1-5-18-11(12(14)10(4)16-18)8-17-7-6-15-13(17)9(2)3/h6-7,9H,5,8H2,1-4H3. The maximum absolute atomic E-state index is 4.52. The molecule has 2 aromatic rings. The summed E-state index contributed by atoms with van der Waals surface area (Å²) < 4.78 is 5.34. The minimum atomic E-state index is 0.429. The van der Waals surface area contributed by atoms with Crippen molar-refractivity contribution in [1.29, 1.82) is 0 Å². The maximum Gasteiger partial charge on any atom is 0.111 e. The van der Waals surface area contributed by atoms with E-state index in [1.54, 1.807) is 0 Å². The van der Waals surface area contributed by atoms with Crippen molar-refractivity contribution in [3.05, 3.63) is 34.1 Å². The van der Waals surface area contributed by atoms with E-state index in [0.717, 1.165) is 29.1 Å². The van der Waals surface area contributed by atoms with Gasteiger partial charge < -0.3 is 4.57 Å². The van der Waals surface area contributed by atoms with Gasteiger partial charge in [0, 0.05) is 24.9 Å². The lowest BCUT2D eigenvalue weighted by molar-refractivity contribution is 0.579. The van der Waals surface area contributed by atoms with Crippen LogP contribution in [0.5, 0.6) is 0 Å². The van der Waals surface area contributed by atoms with Crippen molar-refractivity contribution >= 4 is 15.9 Å². The van der Waals surface area contributed by atoms with Crippen molar-refractivity contribution in [1.82, 2.24) is 19.3 Å². The first-order chi connectivity index (χ1) is 8.54. The molecule has 0 atom stereocenters. The Balaban J connectivity index is 2.36. The zero-order valence-electron chi connectivity index (χ0n) is 11.3. The number of hydrogen-bond donors (Lipinski definition) is 0. The molecule has 18 heavy (non-hydrogen) atoms. The zero-order chi connectivity index (χ0) is 13.3. The van der Waals surface area contributed by atoms with Crippen LogP contribution >= 0.6 is 15.9 Å². The third-order valence-electron chi connectivity index (χ3n) is 3.04. The van der Waals surface area contributed by atoms with E-state index < -0.39 is 0 Å². The van der Waals surface area contributed by atoms with E-state index in [1.807, 2.05) is 24.0 Å². The van der Waals surface area contributed by atoms with E-state index in [4.69, 9.17) is 0 Å². The Bertz CT molecular complexity index is 539. The average molecular weight is 311 g/mol. The molecule has 0 bridgehead atoms. The lowest BCUT2D eigenvalue weighted by Crippen LogP contribution is -2.11. The summed E-state index contributed by atoms with van der Waals surface area (Å²) in [4.78, 5) is 4.42. The topological polar surface area (TPSA) is 35.6 Å². The third kappa shape index (κ3) is 2.36. The molecule has 2 heterocycles. The number of hydrogen-bond acceptors (Lipinski definition) is 2. The fourth-order valence-electron chi connectivity index (χ4n) is 2.14. The van der Waals surface area contributed by atoms with Gasteiger partial charge in [-0.25, -0.2) is 4.98 Å². The Hall–Kier alpha value is -1.10. The normalized spacial score (nSPS) is 11.4. The van der Waals surface area contributed by atoms with Crippen molar-refractivity contribution in [3.8, 4) is 0 Å². The molecule has 2 aromatic heterocycles.